The van der Waals surface area contributed by atoms with Gasteiger partial charge in [-0.05, 0) is 28.3 Å². The van der Waals surface area contributed by atoms with Gasteiger partial charge in [-0.3, -0.25) is 0 Å². The van der Waals surface area contributed by atoms with Gasteiger partial charge in [-0.1, -0.05) is 44.7 Å². The molecular formula is C12H19BrClN3. The maximum absolute atomic E-state index is 5.91. The van der Waals surface area contributed by atoms with E-state index in [1.807, 2.05) is 0 Å². The summed E-state index contributed by atoms with van der Waals surface area (Å²) in [6.45, 7) is 5.38. The lowest BCUT2D eigenvalue weighted by Gasteiger charge is -2.16. The molecule has 0 fully saturated rings. The Balaban J connectivity index is 2.50. The first-order valence-electron chi connectivity index (χ1n) is 6.08. The molecule has 96 valence electrons. The zero-order chi connectivity index (χ0) is 12.7. The maximum atomic E-state index is 5.91. The van der Waals surface area contributed by atoms with E-state index in [9.17, 15) is 0 Å². The third-order valence-electron chi connectivity index (χ3n) is 2.85. The smallest absolute Gasteiger partial charge is 0.148 e. The van der Waals surface area contributed by atoms with Gasteiger partial charge in [-0.2, -0.15) is 0 Å². The highest BCUT2D eigenvalue weighted by Crippen LogP contribution is 2.26. The van der Waals surface area contributed by atoms with E-state index in [2.05, 4.69) is 45.1 Å². The third kappa shape index (κ3) is 4.80. The summed E-state index contributed by atoms with van der Waals surface area (Å²) < 4.78 is 0.743. The Labute approximate surface area is 117 Å². The lowest BCUT2D eigenvalue weighted by molar-refractivity contribution is 0.472. The second kappa shape index (κ2) is 7.88. The molecule has 1 heterocycles. The van der Waals surface area contributed by atoms with Crippen LogP contribution < -0.4 is 5.32 Å². The van der Waals surface area contributed by atoms with Gasteiger partial charge in [-0.15, -0.1) is 0 Å². The van der Waals surface area contributed by atoms with E-state index in [1.165, 1.54) is 32.0 Å². The van der Waals surface area contributed by atoms with Crippen molar-refractivity contribution in [3.63, 3.8) is 0 Å². The zero-order valence-corrected chi connectivity index (χ0v) is 12.7. The number of hydrogen-bond acceptors (Lipinski definition) is 3. The Morgan fingerprint density at radius 3 is 2.82 bits per heavy atom. The molecule has 0 aliphatic rings. The van der Waals surface area contributed by atoms with Gasteiger partial charge in [0.15, 0.2) is 0 Å². The average molecular weight is 321 g/mol. The van der Waals surface area contributed by atoms with Crippen LogP contribution in [-0.2, 0) is 0 Å². The van der Waals surface area contributed by atoms with Crippen LogP contribution in [0.2, 0.25) is 5.15 Å². The van der Waals surface area contributed by atoms with Gasteiger partial charge in [0.1, 0.15) is 17.3 Å². The second-order valence-electron chi connectivity index (χ2n) is 4.12. The first-order valence-corrected chi connectivity index (χ1v) is 7.26. The van der Waals surface area contributed by atoms with Crippen LogP contribution in [-0.4, -0.2) is 16.5 Å². The van der Waals surface area contributed by atoms with Gasteiger partial charge in [0.05, 0.1) is 4.47 Å². The minimum absolute atomic E-state index is 0.448. The van der Waals surface area contributed by atoms with Gasteiger partial charge in [-0.25, -0.2) is 9.97 Å². The molecule has 5 heteroatoms. The number of nitrogens with one attached hydrogen (secondary N) is 1. The summed E-state index contributed by atoms with van der Waals surface area (Å²) in [5, 5.41) is 3.78. The molecule has 1 N–H and O–H groups in total. The molecular weight excluding hydrogens is 302 g/mol. The Morgan fingerprint density at radius 2 is 2.18 bits per heavy atom. The SMILES string of the molecule is CCCCC(CC)CNc1ncnc(Cl)c1Br. The van der Waals surface area contributed by atoms with E-state index in [-0.39, 0.29) is 0 Å². The van der Waals surface area contributed by atoms with E-state index in [0.717, 1.165) is 16.8 Å². The number of halogens is 2. The van der Waals surface area contributed by atoms with Crippen molar-refractivity contribution >= 4 is 33.3 Å². The minimum Gasteiger partial charge on any atom is -0.369 e. The molecule has 17 heavy (non-hydrogen) atoms. The minimum atomic E-state index is 0.448. The van der Waals surface area contributed by atoms with E-state index < -0.39 is 0 Å². The molecule has 0 amide bonds. The van der Waals surface area contributed by atoms with Crippen LogP contribution in [0, 0.1) is 5.92 Å². The van der Waals surface area contributed by atoms with E-state index in [1.54, 1.807) is 0 Å². The molecule has 0 radical (unpaired) electrons. The maximum Gasteiger partial charge on any atom is 0.148 e. The van der Waals surface area contributed by atoms with Crippen LogP contribution in [0.25, 0.3) is 0 Å². The fraction of sp³-hybridized carbons (Fsp3) is 0.667. The van der Waals surface area contributed by atoms with Gasteiger partial charge in [0.25, 0.3) is 0 Å². The molecule has 0 aliphatic carbocycles. The van der Waals surface area contributed by atoms with Crippen LogP contribution in [0.3, 0.4) is 0 Å². The molecule has 1 aromatic heterocycles. The fourth-order valence-corrected chi connectivity index (χ4v) is 2.13. The van der Waals surface area contributed by atoms with Crippen molar-refractivity contribution in [3.8, 4) is 0 Å². The van der Waals surface area contributed by atoms with Crippen LogP contribution in [0.4, 0.5) is 5.82 Å². The first kappa shape index (κ1) is 14.7. The number of hydrogen-bond donors (Lipinski definition) is 1. The van der Waals surface area contributed by atoms with Gasteiger partial charge >= 0.3 is 0 Å². The zero-order valence-electron chi connectivity index (χ0n) is 10.3. The number of nitrogens with zero attached hydrogens (tertiary/aromatic N) is 2. The predicted molar refractivity (Wildman–Crippen MR) is 76.5 cm³/mol. The molecule has 1 unspecified atom stereocenters. The van der Waals surface area contributed by atoms with E-state index in [0.29, 0.717) is 11.1 Å². The molecule has 0 bridgehead atoms. The van der Waals surface area contributed by atoms with Gasteiger partial charge in [0.2, 0.25) is 0 Å². The molecule has 0 aromatic carbocycles. The summed E-state index contributed by atoms with van der Waals surface area (Å²) in [6.07, 6.45) is 6.45. The molecule has 0 saturated heterocycles. The Bertz CT molecular complexity index is 347. The van der Waals surface area contributed by atoms with Crippen molar-refractivity contribution in [3.05, 3.63) is 16.0 Å². The van der Waals surface area contributed by atoms with Crippen molar-refractivity contribution in [2.75, 3.05) is 11.9 Å². The molecule has 0 aliphatic heterocycles. The van der Waals surface area contributed by atoms with Crippen LogP contribution in [0.1, 0.15) is 39.5 Å². The quantitative estimate of drug-likeness (QED) is 0.751. The number of aromatic nitrogens is 2. The van der Waals surface area contributed by atoms with Crippen molar-refractivity contribution in [2.24, 2.45) is 5.92 Å². The van der Waals surface area contributed by atoms with Crippen molar-refractivity contribution in [1.29, 1.82) is 0 Å². The topological polar surface area (TPSA) is 37.8 Å². The Morgan fingerprint density at radius 1 is 1.41 bits per heavy atom. The van der Waals surface area contributed by atoms with Gasteiger partial charge < -0.3 is 5.32 Å². The normalized spacial score (nSPS) is 12.5. The summed E-state index contributed by atoms with van der Waals surface area (Å²) >= 11 is 9.29. The van der Waals surface area contributed by atoms with E-state index in [4.69, 9.17) is 11.6 Å². The summed E-state index contributed by atoms with van der Waals surface area (Å²) in [7, 11) is 0. The lowest BCUT2D eigenvalue weighted by Crippen LogP contribution is -2.14. The average Bonchev–Trinajstić information content (AvgIpc) is 2.34. The third-order valence-corrected chi connectivity index (χ3v) is 4.11. The lowest BCUT2D eigenvalue weighted by atomic mass is 9.99. The van der Waals surface area contributed by atoms with E-state index >= 15 is 0 Å². The van der Waals surface area contributed by atoms with Crippen molar-refractivity contribution in [2.45, 2.75) is 39.5 Å². The summed E-state index contributed by atoms with van der Waals surface area (Å²) in [6, 6.07) is 0. The van der Waals surface area contributed by atoms with Crippen molar-refractivity contribution in [1.82, 2.24) is 9.97 Å². The van der Waals surface area contributed by atoms with Crippen molar-refractivity contribution < 1.29 is 0 Å². The molecule has 1 aromatic rings. The fourth-order valence-electron chi connectivity index (χ4n) is 1.66. The molecule has 3 nitrogen and oxygen atoms in total. The summed E-state index contributed by atoms with van der Waals surface area (Å²) in [5.74, 6) is 1.47. The highest BCUT2D eigenvalue weighted by atomic mass is 79.9. The number of unbranched alkanes of at least 4 members (excludes halogenated alkanes) is 1. The predicted octanol–water partition coefficient (Wildman–Crippen LogP) is 4.52. The summed E-state index contributed by atoms with van der Waals surface area (Å²) in [4.78, 5) is 8.08. The number of anilines is 1. The monoisotopic (exact) mass is 319 g/mol. The first-order chi connectivity index (χ1) is 8.19. The van der Waals surface area contributed by atoms with Gasteiger partial charge in [0, 0.05) is 6.54 Å². The molecule has 1 rings (SSSR count). The number of rotatable bonds is 7. The van der Waals surface area contributed by atoms with Crippen LogP contribution >= 0.6 is 27.5 Å². The Hall–Kier alpha value is -0.350. The largest absolute Gasteiger partial charge is 0.369 e. The standard InChI is InChI=1S/C12H19BrClN3/c1-3-5-6-9(4-2)7-15-12-10(13)11(14)16-8-17-12/h8-9H,3-7H2,1-2H3,(H,15,16,17). The summed E-state index contributed by atoms with van der Waals surface area (Å²) in [5.41, 5.74) is 0. The Kier molecular flexibility index (Phi) is 6.82. The highest BCUT2D eigenvalue weighted by Gasteiger charge is 2.09. The highest BCUT2D eigenvalue weighted by molar-refractivity contribution is 9.10. The van der Waals surface area contributed by atoms with Crippen LogP contribution in [0.15, 0.2) is 10.8 Å². The van der Waals surface area contributed by atoms with Crippen LogP contribution in [0.5, 0.6) is 0 Å². The molecule has 0 spiro atoms. The molecule has 1 atom stereocenters. The second-order valence-corrected chi connectivity index (χ2v) is 5.28. The molecule has 0 saturated carbocycles.